The zero-order valence-electron chi connectivity index (χ0n) is 14.6. The van der Waals surface area contributed by atoms with Crippen LogP contribution in [0.15, 0.2) is 54.6 Å². The second-order valence-corrected chi connectivity index (χ2v) is 5.32. The smallest absolute Gasteiger partial charge is 0.0238 e. The molecule has 0 aliphatic heterocycles. The first kappa shape index (κ1) is 18.2. The molecule has 0 atom stereocenters. The van der Waals surface area contributed by atoms with Gasteiger partial charge >= 0.3 is 0 Å². The van der Waals surface area contributed by atoms with Gasteiger partial charge in [0.25, 0.3) is 0 Å². The van der Waals surface area contributed by atoms with Crippen LogP contribution in [0.3, 0.4) is 0 Å². The van der Waals surface area contributed by atoms with Gasteiger partial charge in [-0.25, -0.2) is 0 Å². The molecular formula is C22H30. The van der Waals surface area contributed by atoms with E-state index in [0.717, 1.165) is 12.8 Å². The lowest BCUT2D eigenvalue weighted by Gasteiger charge is -2.08. The summed E-state index contributed by atoms with van der Waals surface area (Å²) in [5, 5.41) is 0. The summed E-state index contributed by atoms with van der Waals surface area (Å²) in [5.74, 6) is 0. The number of allylic oxidation sites excluding steroid dienone is 1. The monoisotopic (exact) mass is 294 g/mol. The third-order valence-electron chi connectivity index (χ3n) is 3.52. The average Bonchev–Trinajstić information content (AvgIpc) is 2.56. The Morgan fingerprint density at radius 2 is 1.36 bits per heavy atom. The maximum absolute atomic E-state index is 2.37. The van der Waals surface area contributed by atoms with Gasteiger partial charge in [0, 0.05) is 0 Å². The third kappa shape index (κ3) is 6.30. The molecule has 0 aliphatic rings. The minimum absolute atomic E-state index is 1.12. The molecule has 0 saturated carbocycles. The van der Waals surface area contributed by atoms with Crippen LogP contribution < -0.4 is 0 Å². The highest BCUT2D eigenvalue weighted by atomic mass is 14.1. The molecule has 0 fully saturated rings. The summed E-state index contributed by atoms with van der Waals surface area (Å²) in [7, 11) is 0. The lowest BCUT2D eigenvalue weighted by atomic mass is 9.98. The van der Waals surface area contributed by atoms with E-state index in [1.807, 2.05) is 13.8 Å². The molecule has 118 valence electrons. The Kier molecular flexibility index (Phi) is 8.98. The SMILES string of the molecule is C/C=C/c1cc(CCC)cc(CCc2ccccc2)c1.CC. The van der Waals surface area contributed by atoms with Crippen LogP contribution in [0, 0.1) is 0 Å². The first-order valence-corrected chi connectivity index (χ1v) is 8.61. The van der Waals surface area contributed by atoms with Crippen LogP contribution in [-0.2, 0) is 19.3 Å². The van der Waals surface area contributed by atoms with Crippen molar-refractivity contribution in [3.63, 3.8) is 0 Å². The maximum atomic E-state index is 2.37. The van der Waals surface area contributed by atoms with Crippen molar-refractivity contribution in [3.8, 4) is 0 Å². The number of hydrogen-bond acceptors (Lipinski definition) is 0. The Bertz CT molecular complexity index is 550. The average molecular weight is 294 g/mol. The van der Waals surface area contributed by atoms with E-state index in [4.69, 9.17) is 0 Å². The summed E-state index contributed by atoms with van der Waals surface area (Å²) in [4.78, 5) is 0. The molecule has 0 aliphatic carbocycles. The molecule has 0 nitrogen and oxygen atoms in total. The Balaban J connectivity index is 0.00000116. The van der Waals surface area contributed by atoms with E-state index in [-0.39, 0.29) is 0 Å². The Hall–Kier alpha value is -1.82. The van der Waals surface area contributed by atoms with Gasteiger partial charge < -0.3 is 0 Å². The summed E-state index contributed by atoms with van der Waals surface area (Å²) >= 11 is 0. The first-order chi connectivity index (χ1) is 10.8. The Labute approximate surface area is 136 Å². The summed E-state index contributed by atoms with van der Waals surface area (Å²) in [6.45, 7) is 8.32. The Morgan fingerprint density at radius 3 is 1.95 bits per heavy atom. The van der Waals surface area contributed by atoms with Crippen molar-refractivity contribution in [1.29, 1.82) is 0 Å². The molecule has 0 saturated heterocycles. The molecule has 0 spiro atoms. The van der Waals surface area contributed by atoms with Crippen molar-refractivity contribution < 1.29 is 0 Å². The topological polar surface area (TPSA) is 0 Å². The second-order valence-electron chi connectivity index (χ2n) is 5.32. The van der Waals surface area contributed by atoms with Gasteiger partial charge in [-0.1, -0.05) is 87.9 Å². The zero-order chi connectivity index (χ0) is 16.2. The van der Waals surface area contributed by atoms with Crippen LogP contribution in [0.2, 0.25) is 0 Å². The van der Waals surface area contributed by atoms with Gasteiger partial charge in [-0.05, 0) is 48.4 Å². The predicted molar refractivity (Wildman–Crippen MR) is 100 cm³/mol. The van der Waals surface area contributed by atoms with Gasteiger partial charge in [-0.3, -0.25) is 0 Å². The van der Waals surface area contributed by atoms with E-state index in [0.29, 0.717) is 0 Å². The zero-order valence-corrected chi connectivity index (χ0v) is 14.6. The normalized spacial score (nSPS) is 10.4. The van der Waals surface area contributed by atoms with Gasteiger partial charge in [0.15, 0.2) is 0 Å². The fraction of sp³-hybridized carbons (Fsp3) is 0.364. The second kappa shape index (κ2) is 10.8. The Morgan fingerprint density at radius 1 is 0.773 bits per heavy atom. The van der Waals surface area contributed by atoms with E-state index in [1.54, 1.807) is 0 Å². The number of rotatable bonds is 6. The molecule has 2 aromatic rings. The van der Waals surface area contributed by atoms with E-state index in [1.165, 1.54) is 35.1 Å². The molecule has 0 aromatic heterocycles. The van der Waals surface area contributed by atoms with Gasteiger partial charge in [-0.15, -0.1) is 0 Å². The molecule has 0 N–H and O–H groups in total. The number of hydrogen-bond donors (Lipinski definition) is 0. The molecule has 22 heavy (non-hydrogen) atoms. The van der Waals surface area contributed by atoms with Crippen molar-refractivity contribution in [2.45, 2.75) is 53.4 Å². The highest BCUT2D eigenvalue weighted by molar-refractivity contribution is 5.52. The molecule has 0 heterocycles. The minimum Gasteiger partial charge on any atom is -0.0871 e. The fourth-order valence-electron chi connectivity index (χ4n) is 2.59. The molecule has 0 unspecified atom stereocenters. The van der Waals surface area contributed by atoms with Crippen LogP contribution in [0.5, 0.6) is 0 Å². The predicted octanol–water partition coefficient (Wildman–Crippen LogP) is 6.48. The molecule has 2 aromatic carbocycles. The van der Waals surface area contributed by atoms with Crippen LogP contribution in [-0.4, -0.2) is 0 Å². The van der Waals surface area contributed by atoms with Crippen LogP contribution >= 0.6 is 0 Å². The van der Waals surface area contributed by atoms with Gasteiger partial charge in [0.1, 0.15) is 0 Å². The van der Waals surface area contributed by atoms with Crippen molar-refractivity contribution in [2.75, 3.05) is 0 Å². The van der Waals surface area contributed by atoms with Gasteiger partial charge in [-0.2, -0.15) is 0 Å². The van der Waals surface area contributed by atoms with Crippen molar-refractivity contribution >= 4 is 6.08 Å². The van der Waals surface area contributed by atoms with E-state index < -0.39 is 0 Å². The highest BCUT2D eigenvalue weighted by Crippen LogP contribution is 2.16. The van der Waals surface area contributed by atoms with Gasteiger partial charge in [0.05, 0.1) is 0 Å². The molecule has 0 bridgehead atoms. The van der Waals surface area contributed by atoms with E-state index >= 15 is 0 Å². The van der Waals surface area contributed by atoms with Crippen molar-refractivity contribution in [2.24, 2.45) is 0 Å². The fourth-order valence-corrected chi connectivity index (χ4v) is 2.59. The van der Waals surface area contributed by atoms with Crippen LogP contribution in [0.1, 0.15) is 56.4 Å². The van der Waals surface area contributed by atoms with Crippen LogP contribution in [0.4, 0.5) is 0 Å². The highest BCUT2D eigenvalue weighted by Gasteiger charge is 2.01. The quantitative estimate of drug-likeness (QED) is 0.571. The maximum Gasteiger partial charge on any atom is -0.0238 e. The first-order valence-electron chi connectivity index (χ1n) is 8.61. The minimum atomic E-state index is 1.12. The lowest BCUT2D eigenvalue weighted by molar-refractivity contribution is 0.906. The molecule has 0 amide bonds. The standard InChI is InChI=1S/C20H24.C2H6/c1-3-8-18-14-19(9-4-2)16-20(15-18)13-12-17-10-6-5-7-11-17;1-2/h3,5-8,10-11,14-16H,4,9,12-13H2,1-2H3;1-2H3/b8-3+;. The summed E-state index contributed by atoms with van der Waals surface area (Å²) in [6, 6.07) is 17.8. The number of aryl methyl sites for hydroxylation is 3. The number of benzene rings is 2. The van der Waals surface area contributed by atoms with E-state index in [9.17, 15) is 0 Å². The lowest BCUT2D eigenvalue weighted by Crippen LogP contribution is -1.94. The van der Waals surface area contributed by atoms with Crippen molar-refractivity contribution in [1.82, 2.24) is 0 Å². The molecule has 2 rings (SSSR count). The molecular weight excluding hydrogens is 264 g/mol. The molecule has 0 heteroatoms. The largest absolute Gasteiger partial charge is 0.0871 e. The van der Waals surface area contributed by atoms with Crippen molar-refractivity contribution in [3.05, 3.63) is 76.9 Å². The summed E-state index contributed by atoms with van der Waals surface area (Å²) in [6.07, 6.45) is 8.93. The summed E-state index contributed by atoms with van der Waals surface area (Å²) in [5.41, 5.74) is 5.67. The van der Waals surface area contributed by atoms with Gasteiger partial charge in [0.2, 0.25) is 0 Å². The van der Waals surface area contributed by atoms with Crippen LogP contribution in [0.25, 0.3) is 6.08 Å². The molecule has 0 radical (unpaired) electrons. The summed E-state index contributed by atoms with van der Waals surface area (Å²) < 4.78 is 0. The third-order valence-corrected chi connectivity index (χ3v) is 3.52. The van der Waals surface area contributed by atoms with E-state index in [2.05, 4.69) is 74.5 Å².